The molecule has 0 spiro atoms. The van der Waals surface area contributed by atoms with Gasteiger partial charge in [0.25, 0.3) is 0 Å². The average Bonchev–Trinajstić information content (AvgIpc) is 3.03. The third-order valence-corrected chi connectivity index (χ3v) is 9.10. The summed E-state index contributed by atoms with van der Waals surface area (Å²) in [5.41, 5.74) is 11.2. The van der Waals surface area contributed by atoms with Crippen LogP contribution in [-0.4, -0.2) is 14.8 Å². The number of rotatable bonds is 2. The number of alkyl halides is 1. The normalized spacial score (nSPS) is 25.7. The highest BCUT2D eigenvalue weighted by molar-refractivity contribution is 5.44. The van der Waals surface area contributed by atoms with Gasteiger partial charge in [-0.05, 0) is 112 Å². The number of halogens is 1. The molecule has 2 nitrogen and oxygen atoms in total. The highest BCUT2D eigenvalue weighted by atomic mass is 19.1. The van der Waals surface area contributed by atoms with Crippen molar-refractivity contribution < 1.29 is 4.39 Å². The number of hydrogen-bond acceptors (Lipinski definition) is 0. The van der Waals surface area contributed by atoms with E-state index in [-0.39, 0.29) is 0 Å². The van der Waals surface area contributed by atoms with E-state index in [0.717, 1.165) is 6.42 Å². The minimum absolute atomic E-state index is 0.597. The summed E-state index contributed by atoms with van der Waals surface area (Å²) in [4.78, 5) is 0. The summed E-state index contributed by atoms with van der Waals surface area (Å²) in [6.07, 6.45) is 20.0. The van der Waals surface area contributed by atoms with Crippen LogP contribution >= 0.6 is 0 Å². The Hall–Kier alpha value is -1.51. The van der Waals surface area contributed by atoms with Crippen LogP contribution < -0.4 is 0 Å². The molecule has 0 radical (unpaired) electrons. The first-order chi connectivity index (χ1) is 15.1. The van der Waals surface area contributed by atoms with Crippen LogP contribution in [0.4, 0.5) is 4.39 Å². The molecule has 0 N–H and O–H groups in total. The fraction of sp³-hybridized carbons (Fsp3) is 0.714. The lowest BCUT2D eigenvalue weighted by Gasteiger charge is -2.33. The summed E-state index contributed by atoms with van der Waals surface area (Å²) in [6.45, 7) is 0.597. The first kappa shape index (κ1) is 20.1. The van der Waals surface area contributed by atoms with Crippen molar-refractivity contribution in [1.82, 2.24) is 9.13 Å². The van der Waals surface area contributed by atoms with Gasteiger partial charge in [-0.3, -0.25) is 0 Å². The second-order valence-electron chi connectivity index (χ2n) is 11.0. The zero-order valence-corrected chi connectivity index (χ0v) is 19.5. The summed E-state index contributed by atoms with van der Waals surface area (Å²) >= 11 is 0. The van der Waals surface area contributed by atoms with E-state index in [0.29, 0.717) is 19.4 Å². The van der Waals surface area contributed by atoms with E-state index >= 15 is 4.39 Å². The van der Waals surface area contributed by atoms with Gasteiger partial charge in [0.15, 0.2) is 0 Å². The number of hydrogen-bond donors (Lipinski definition) is 0. The lowest BCUT2D eigenvalue weighted by Crippen LogP contribution is -2.37. The predicted octanol–water partition coefficient (Wildman–Crippen LogP) is 6.14. The summed E-state index contributed by atoms with van der Waals surface area (Å²) in [7, 11) is 2.22. The zero-order chi connectivity index (χ0) is 21.0. The van der Waals surface area contributed by atoms with Crippen LogP contribution in [0.1, 0.15) is 103 Å². The second-order valence-corrected chi connectivity index (χ2v) is 11.0. The molecule has 2 aromatic heterocycles. The standard InChI is InChI=1S/C28H39FN2/c1-30-24-13-6-2-4-10-20(24)23-16-17-28(29,18-27(23)30)19-31-25-14-7-3-5-11-21(25)22-12-8-9-15-26(22)31/h2-19H2,1H3. The Morgan fingerprint density at radius 1 is 0.613 bits per heavy atom. The zero-order valence-electron chi connectivity index (χ0n) is 19.5. The Morgan fingerprint density at radius 2 is 1.10 bits per heavy atom. The Kier molecular flexibility index (Phi) is 5.07. The Morgan fingerprint density at radius 3 is 1.77 bits per heavy atom. The largest absolute Gasteiger partial charge is 0.351 e. The molecule has 0 fully saturated rings. The number of nitrogens with zero attached hydrogens (tertiary/aromatic N) is 2. The maximum Gasteiger partial charge on any atom is 0.134 e. The van der Waals surface area contributed by atoms with Crippen molar-refractivity contribution in [3.63, 3.8) is 0 Å². The minimum Gasteiger partial charge on any atom is -0.351 e. The molecule has 4 aliphatic carbocycles. The van der Waals surface area contributed by atoms with Crippen molar-refractivity contribution in [1.29, 1.82) is 0 Å². The average molecular weight is 423 g/mol. The van der Waals surface area contributed by atoms with Crippen LogP contribution in [0.5, 0.6) is 0 Å². The molecule has 6 rings (SSSR count). The van der Waals surface area contributed by atoms with E-state index in [4.69, 9.17) is 0 Å². The van der Waals surface area contributed by atoms with E-state index in [2.05, 4.69) is 16.2 Å². The Labute approximate surface area is 187 Å². The lowest BCUT2D eigenvalue weighted by molar-refractivity contribution is 0.111. The van der Waals surface area contributed by atoms with Crippen molar-refractivity contribution in [3.8, 4) is 0 Å². The summed E-state index contributed by atoms with van der Waals surface area (Å²) in [5.74, 6) is 0. The summed E-state index contributed by atoms with van der Waals surface area (Å²) < 4.78 is 21.6. The molecule has 2 heterocycles. The molecule has 4 aliphatic rings. The Bertz CT molecular complexity index is 994. The topological polar surface area (TPSA) is 9.86 Å². The molecular formula is C28H39FN2. The molecular weight excluding hydrogens is 383 g/mol. The van der Waals surface area contributed by atoms with Gasteiger partial charge < -0.3 is 9.13 Å². The highest BCUT2D eigenvalue weighted by Crippen LogP contribution is 2.41. The molecule has 168 valence electrons. The Balaban J connectivity index is 1.35. The first-order valence-corrected chi connectivity index (χ1v) is 13.2. The summed E-state index contributed by atoms with van der Waals surface area (Å²) in [6, 6.07) is 0. The van der Waals surface area contributed by atoms with Gasteiger partial charge in [-0.15, -0.1) is 0 Å². The molecule has 1 atom stereocenters. The quantitative estimate of drug-likeness (QED) is 0.515. The fourth-order valence-electron chi connectivity index (χ4n) is 7.53. The van der Waals surface area contributed by atoms with Gasteiger partial charge in [0.2, 0.25) is 0 Å². The monoisotopic (exact) mass is 422 g/mol. The van der Waals surface area contributed by atoms with Crippen molar-refractivity contribution in [3.05, 3.63) is 45.0 Å². The molecule has 0 saturated heterocycles. The molecule has 1 unspecified atom stereocenters. The van der Waals surface area contributed by atoms with Gasteiger partial charge in [0.1, 0.15) is 5.67 Å². The second kappa shape index (κ2) is 7.81. The third-order valence-electron chi connectivity index (χ3n) is 9.10. The van der Waals surface area contributed by atoms with Crippen LogP contribution in [0.2, 0.25) is 0 Å². The molecule has 31 heavy (non-hydrogen) atoms. The van der Waals surface area contributed by atoms with E-state index in [1.165, 1.54) is 118 Å². The van der Waals surface area contributed by atoms with Gasteiger partial charge >= 0.3 is 0 Å². The van der Waals surface area contributed by atoms with Crippen molar-refractivity contribution in [2.24, 2.45) is 7.05 Å². The smallest absolute Gasteiger partial charge is 0.134 e. The van der Waals surface area contributed by atoms with Crippen LogP contribution in [0.15, 0.2) is 0 Å². The fourth-order valence-corrected chi connectivity index (χ4v) is 7.53. The van der Waals surface area contributed by atoms with E-state index in [1.54, 1.807) is 16.7 Å². The van der Waals surface area contributed by atoms with Crippen LogP contribution in [0, 0.1) is 0 Å². The van der Waals surface area contributed by atoms with Crippen molar-refractivity contribution >= 4 is 0 Å². The van der Waals surface area contributed by atoms with Crippen molar-refractivity contribution in [2.45, 2.75) is 121 Å². The van der Waals surface area contributed by atoms with Gasteiger partial charge in [0, 0.05) is 36.2 Å². The van der Waals surface area contributed by atoms with Gasteiger partial charge in [-0.2, -0.15) is 0 Å². The number of fused-ring (bicyclic) bond motifs is 6. The van der Waals surface area contributed by atoms with Crippen molar-refractivity contribution in [2.75, 3.05) is 0 Å². The SMILES string of the molecule is Cn1c2c(c3c1CC(F)(Cn1c4c(c5c1CCCC5)CCCCC4)CC3)CCCCC2. The summed E-state index contributed by atoms with van der Waals surface area (Å²) in [5, 5.41) is 0. The van der Waals surface area contributed by atoms with E-state index in [9.17, 15) is 0 Å². The molecule has 0 aromatic carbocycles. The molecule has 3 heteroatoms. The molecule has 0 bridgehead atoms. The molecule has 0 amide bonds. The maximum absolute atomic E-state index is 16.6. The van der Waals surface area contributed by atoms with E-state index < -0.39 is 5.67 Å². The number of aromatic nitrogens is 2. The predicted molar refractivity (Wildman–Crippen MR) is 125 cm³/mol. The molecule has 0 saturated carbocycles. The van der Waals surface area contributed by atoms with Crippen LogP contribution in [-0.2, 0) is 65.0 Å². The molecule has 2 aromatic rings. The van der Waals surface area contributed by atoms with Gasteiger partial charge in [-0.25, -0.2) is 4.39 Å². The van der Waals surface area contributed by atoms with Gasteiger partial charge in [0.05, 0.1) is 6.54 Å². The third kappa shape index (κ3) is 3.33. The maximum atomic E-state index is 16.6. The highest BCUT2D eigenvalue weighted by Gasteiger charge is 2.40. The van der Waals surface area contributed by atoms with Crippen LogP contribution in [0.3, 0.4) is 0 Å². The van der Waals surface area contributed by atoms with E-state index in [1.807, 2.05) is 0 Å². The lowest BCUT2D eigenvalue weighted by atomic mass is 9.83. The first-order valence-electron chi connectivity index (χ1n) is 13.2. The van der Waals surface area contributed by atoms with Gasteiger partial charge in [-0.1, -0.05) is 12.8 Å². The van der Waals surface area contributed by atoms with Crippen LogP contribution in [0.25, 0.3) is 0 Å². The molecule has 0 aliphatic heterocycles. The minimum atomic E-state index is -1.10.